The van der Waals surface area contributed by atoms with Crippen LogP contribution in [0.3, 0.4) is 0 Å². The zero-order valence-electron chi connectivity index (χ0n) is 6.58. The van der Waals surface area contributed by atoms with Gasteiger partial charge in [-0.3, -0.25) is 0 Å². The van der Waals surface area contributed by atoms with Crippen molar-refractivity contribution in [3.63, 3.8) is 0 Å². The van der Waals surface area contributed by atoms with E-state index in [1.807, 2.05) is 0 Å². The Labute approximate surface area is 73.5 Å². The van der Waals surface area contributed by atoms with Crippen LogP contribution in [-0.4, -0.2) is 20.3 Å². The van der Waals surface area contributed by atoms with E-state index < -0.39 is 0 Å². The monoisotopic (exact) mass is 184 g/mol. The molecule has 0 atom stereocenters. The molecule has 13 heavy (non-hydrogen) atoms. The quantitative estimate of drug-likeness (QED) is 0.276. The zero-order valence-corrected chi connectivity index (χ0v) is 6.58. The van der Waals surface area contributed by atoms with E-state index in [1.54, 1.807) is 0 Å². The van der Waals surface area contributed by atoms with E-state index in [1.165, 1.54) is 18.2 Å². The summed E-state index contributed by atoms with van der Waals surface area (Å²) in [5, 5.41) is 39.1. The molecule has 0 saturated heterocycles. The van der Waals surface area contributed by atoms with Gasteiger partial charge in [-0.15, -0.1) is 0 Å². The van der Waals surface area contributed by atoms with Gasteiger partial charge in [0.25, 0.3) is 0 Å². The summed E-state index contributed by atoms with van der Waals surface area (Å²) in [7, 11) is 0. The first-order valence-corrected chi connectivity index (χ1v) is 3.44. The van der Waals surface area contributed by atoms with Gasteiger partial charge in [-0.1, -0.05) is 4.86 Å². The topological polar surface area (TPSA) is 99.1 Å². The van der Waals surface area contributed by atoms with Crippen LogP contribution < -0.4 is 0 Å². The van der Waals surface area contributed by atoms with E-state index in [2.05, 4.69) is 5.28 Å². The average molecular weight is 184 g/mol. The van der Waals surface area contributed by atoms with Gasteiger partial charge < -0.3 is 20.6 Å². The Morgan fingerprint density at radius 2 is 2.08 bits per heavy atom. The maximum Gasteiger partial charge on any atom is 0.213 e. The number of phenolic OH excluding ortho intramolecular Hbond substituents is 2. The summed E-state index contributed by atoms with van der Waals surface area (Å²) >= 11 is 0. The summed E-state index contributed by atoms with van der Waals surface area (Å²) in [5.41, 5.74) is 0.188. The lowest BCUT2D eigenvalue weighted by Crippen LogP contribution is -2.00. The molecular formula is C7H8N2O4. The molecule has 70 valence electrons. The van der Waals surface area contributed by atoms with Crippen molar-refractivity contribution in [1.29, 1.82) is 0 Å². The van der Waals surface area contributed by atoms with Crippen molar-refractivity contribution in [1.82, 2.24) is 0 Å². The van der Waals surface area contributed by atoms with Crippen LogP contribution in [0.2, 0.25) is 0 Å². The molecule has 1 rings (SSSR count). The fourth-order valence-electron chi connectivity index (χ4n) is 0.876. The molecule has 6 heteroatoms. The predicted molar refractivity (Wildman–Crippen MR) is 41.3 cm³/mol. The molecule has 6 nitrogen and oxygen atoms in total. The summed E-state index contributed by atoms with van der Waals surface area (Å²) in [6.45, 7) is -0.323. The van der Waals surface area contributed by atoms with Gasteiger partial charge in [0.05, 0.1) is 5.56 Å². The highest BCUT2D eigenvalue weighted by molar-refractivity contribution is 5.37. The van der Waals surface area contributed by atoms with E-state index in [-0.39, 0.29) is 28.5 Å². The molecular weight excluding hydrogens is 176 g/mol. The van der Waals surface area contributed by atoms with Crippen molar-refractivity contribution >= 4 is 0 Å². The molecule has 3 N–H and O–H groups in total. The van der Waals surface area contributed by atoms with Crippen molar-refractivity contribution in [2.24, 2.45) is 5.28 Å². The molecule has 0 spiro atoms. The number of hydrogen-bond donors (Lipinski definition) is 3. The van der Waals surface area contributed by atoms with E-state index in [0.29, 0.717) is 0 Å². The smallest absolute Gasteiger partial charge is 0.213 e. The van der Waals surface area contributed by atoms with Gasteiger partial charge in [0.15, 0.2) is 5.28 Å². The molecule has 0 aliphatic carbocycles. The van der Waals surface area contributed by atoms with Crippen molar-refractivity contribution in [3.8, 4) is 11.5 Å². The third-order valence-electron chi connectivity index (χ3n) is 1.47. The molecule has 0 radical (unpaired) electrons. The second-order valence-electron chi connectivity index (χ2n) is 2.41. The van der Waals surface area contributed by atoms with Gasteiger partial charge in [-0.25, -0.2) is 0 Å². The maximum atomic E-state index is 10.6. The Balaban J connectivity index is 2.94. The van der Waals surface area contributed by atoms with Gasteiger partial charge >= 0.3 is 0 Å². The summed E-state index contributed by atoms with van der Waals surface area (Å²) < 4.78 is 0. The lowest BCUT2D eigenvalue weighted by atomic mass is 10.2. The van der Waals surface area contributed by atoms with Crippen LogP contribution in [0.25, 0.3) is 0 Å². The fraction of sp³-hybridized carbons (Fsp3) is 0.143. The SMILES string of the molecule is [O-]/[N+](Cc1cc(O)ccc1O)=N\O. The third kappa shape index (κ3) is 2.22. The number of rotatable bonds is 2. The molecule has 0 aliphatic rings. The first-order valence-electron chi connectivity index (χ1n) is 3.44. The average Bonchev–Trinajstić information content (AvgIpc) is 2.11. The maximum absolute atomic E-state index is 10.6. The van der Waals surface area contributed by atoms with E-state index >= 15 is 0 Å². The summed E-state index contributed by atoms with van der Waals surface area (Å²) in [6, 6.07) is 3.74. The van der Waals surface area contributed by atoms with Crippen molar-refractivity contribution in [2.45, 2.75) is 6.54 Å². The van der Waals surface area contributed by atoms with Gasteiger partial charge in [0, 0.05) is 0 Å². The number of hydrogen-bond acceptors (Lipinski definition) is 4. The van der Waals surface area contributed by atoms with E-state index in [9.17, 15) is 10.3 Å². The van der Waals surface area contributed by atoms with E-state index in [4.69, 9.17) is 10.3 Å². The Kier molecular flexibility index (Phi) is 2.53. The molecule has 1 aromatic rings. The van der Waals surface area contributed by atoms with Gasteiger partial charge in [-0.2, -0.15) is 0 Å². The van der Waals surface area contributed by atoms with Crippen LogP contribution in [0.15, 0.2) is 23.5 Å². The Morgan fingerprint density at radius 1 is 1.38 bits per heavy atom. The third-order valence-corrected chi connectivity index (χ3v) is 1.47. The molecule has 0 saturated carbocycles. The Bertz CT molecular complexity index is 337. The number of hydroxylamine groups is 1. The normalized spacial score (nSPS) is 11.5. The molecule has 0 bridgehead atoms. The van der Waals surface area contributed by atoms with Gasteiger partial charge in [0.2, 0.25) is 6.54 Å². The highest BCUT2D eigenvalue weighted by Gasteiger charge is 2.07. The summed E-state index contributed by atoms with van der Waals surface area (Å²) in [4.78, 5) is -0.0194. The number of benzene rings is 1. The van der Waals surface area contributed by atoms with Crippen LogP contribution in [0.5, 0.6) is 11.5 Å². The van der Waals surface area contributed by atoms with E-state index in [0.717, 1.165) is 0 Å². The summed E-state index contributed by atoms with van der Waals surface area (Å²) in [5.74, 6) is -0.207. The Hall–Kier alpha value is -1.98. The number of aromatic hydroxyl groups is 2. The van der Waals surface area contributed by atoms with Crippen LogP contribution in [0, 0.1) is 5.21 Å². The lowest BCUT2D eigenvalue weighted by Gasteiger charge is -2.02. The standard InChI is InChI=1S/C7H8N2O4/c10-6-1-2-7(11)5(3-6)4-9(13)8-12/h1-3,10-12H,4H2/b9-8-. The Morgan fingerprint density at radius 3 is 2.69 bits per heavy atom. The first kappa shape index (κ1) is 9.11. The van der Waals surface area contributed by atoms with Crippen molar-refractivity contribution in [3.05, 3.63) is 29.0 Å². The summed E-state index contributed by atoms with van der Waals surface area (Å²) in [6.07, 6.45) is 0. The zero-order chi connectivity index (χ0) is 9.84. The molecule has 0 fully saturated rings. The molecule has 0 unspecified atom stereocenters. The lowest BCUT2D eigenvalue weighted by molar-refractivity contribution is -0.570. The second kappa shape index (κ2) is 3.61. The van der Waals surface area contributed by atoms with Crippen LogP contribution in [-0.2, 0) is 6.54 Å². The second-order valence-corrected chi connectivity index (χ2v) is 2.41. The first-order chi connectivity index (χ1) is 6.13. The fourth-order valence-corrected chi connectivity index (χ4v) is 0.876. The molecule has 0 heterocycles. The highest BCUT2D eigenvalue weighted by atomic mass is 16.6. The molecule has 1 aromatic carbocycles. The largest absolute Gasteiger partial charge is 0.597 e. The van der Waals surface area contributed by atoms with Gasteiger partial charge in [-0.05, 0) is 18.2 Å². The minimum absolute atomic E-state index is 0.0194. The van der Waals surface area contributed by atoms with Crippen LogP contribution in [0.4, 0.5) is 0 Å². The van der Waals surface area contributed by atoms with Gasteiger partial charge in [0.1, 0.15) is 11.5 Å². The highest BCUT2D eigenvalue weighted by Crippen LogP contribution is 2.22. The van der Waals surface area contributed by atoms with Crippen molar-refractivity contribution < 1.29 is 20.3 Å². The molecule has 0 aromatic heterocycles. The minimum atomic E-state index is -0.323. The van der Waals surface area contributed by atoms with Crippen LogP contribution >= 0.6 is 0 Å². The van der Waals surface area contributed by atoms with Crippen LogP contribution in [0.1, 0.15) is 5.56 Å². The number of nitrogens with zero attached hydrogens (tertiary/aromatic N) is 2. The molecule has 0 aliphatic heterocycles. The predicted octanol–water partition coefficient (Wildman–Crippen LogP) is 0.949. The molecule has 0 amide bonds. The number of phenols is 2. The van der Waals surface area contributed by atoms with Crippen molar-refractivity contribution in [2.75, 3.05) is 0 Å². The minimum Gasteiger partial charge on any atom is -0.597 e.